The SMILES string of the molecule is C=CCNC(=O)C1(C)COC(c2nc(-c3ccc(F)cc3)c(-c3ccnc(NCCC)n3)[nH]2)OC1. The minimum absolute atomic E-state index is 0.154. The number of imidazole rings is 1. The van der Waals surface area contributed by atoms with Crippen LogP contribution in [0, 0.1) is 11.2 Å². The Hall–Kier alpha value is -3.63. The molecule has 10 heteroatoms. The van der Waals surface area contributed by atoms with Crippen LogP contribution in [0.3, 0.4) is 0 Å². The molecule has 3 aromatic rings. The van der Waals surface area contributed by atoms with E-state index in [9.17, 15) is 9.18 Å². The number of aromatic amines is 1. The fraction of sp³-hybridized carbons (Fsp3) is 0.360. The number of carbonyl (C=O) groups is 1. The summed E-state index contributed by atoms with van der Waals surface area (Å²) in [4.78, 5) is 29.4. The summed E-state index contributed by atoms with van der Waals surface area (Å²) in [6, 6.07) is 7.83. The van der Waals surface area contributed by atoms with Crippen LogP contribution < -0.4 is 10.6 Å². The largest absolute Gasteiger partial charge is 0.354 e. The third-order valence-electron chi connectivity index (χ3n) is 5.57. The van der Waals surface area contributed by atoms with Crippen molar-refractivity contribution in [3.8, 4) is 22.6 Å². The molecule has 1 aliphatic rings. The highest BCUT2D eigenvalue weighted by Crippen LogP contribution is 2.35. The summed E-state index contributed by atoms with van der Waals surface area (Å²) in [5.41, 5.74) is 1.68. The van der Waals surface area contributed by atoms with Gasteiger partial charge in [0.25, 0.3) is 0 Å². The van der Waals surface area contributed by atoms with Crippen LogP contribution in [0.2, 0.25) is 0 Å². The van der Waals surface area contributed by atoms with Gasteiger partial charge in [0.2, 0.25) is 18.1 Å². The highest BCUT2D eigenvalue weighted by Gasteiger charge is 2.40. The second-order valence-corrected chi connectivity index (χ2v) is 8.56. The molecular weight excluding hydrogens is 451 g/mol. The normalized spacial score (nSPS) is 19.8. The Morgan fingerprint density at radius 2 is 2.00 bits per heavy atom. The number of hydrogen-bond donors (Lipinski definition) is 3. The predicted molar refractivity (Wildman–Crippen MR) is 130 cm³/mol. The molecule has 184 valence electrons. The lowest BCUT2D eigenvalue weighted by molar-refractivity contribution is -0.230. The molecule has 1 amide bonds. The number of anilines is 1. The highest BCUT2D eigenvalue weighted by atomic mass is 19.1. The van der Waals surface area contributed by atoms with Crippen molar-refractivity contribution in [3.05, 3.63) is 60.8 Å². The minimum Gasteiger partial charge on any atom is -0.354 e. The van der Waals surface area contributed by atoms with Crippen LogP contribution in [0.1, 0.15) is 32.4 Å². The van der Waals surface area contributed by atoms with E-state index >= 15 is 0 Å². The number of carbonyl (C=O) groups excluding carboxylic acids is 1. The Kier molecular flexibility index (Phi) is 7.52. The van der Waals surface area contributed by atoms with E-state index in [0.717, 1.165) is 13.0 Å². The molecule has 0 atom stereocenters. The first kappa shape index (κ1) is 24.5. The Bertz CT molecular complexity index is 1170. The van der Waals surface area contributed by atoms with Gasteiger partial charge in [-0.15, -0.1) is 6.58 Å². The summed E-state index contributed by atoms with van der Waals surface area (Å²) in [5, 5.41) is 5.96. The summed E-state index contributed by atoms with van der Waals surface area (Å²) in [5.74, 6) is 0.412. The zero-order valence-corrected chi connectivity index (χ0v) is 19.8. The standard InChI is InChI=1S/C25H29FN6O3/c1-4-11-27-23(33)25(3)14-34-22(35-15-25)21-31-19(16-6-8-17(26)9-7-16)20(32-21)18-10-13-29-24(30-18)28-12-5-2/h4,6-10,13,22H,1,5,11-12,14-15H2,2-3H3,(H,27,33)(H,31,32)(H,28,29,30). The number of hydrogen-bond acceptors (Lipinski definition) is 7. The quantitative estimate of drug-likeness (QED) is 0.399. The maximum Gasteiger partial charge on any atom is 0.230 e. The van der Waals surface area contributed by atoms with Crippen molar-refractivity contribution >= 4 is 11.9 Å². The van der Waals surface area contributed by atoms with Gasteiger partial charge in [-0.05, 0) is 43.7 Å². The lowest BCUT2D eigenvalue weighted by Crippen LogP contribution is -2.48. The van der Waals surface area contributed by atoms with Gasteiger partial charge in [0.05, 0.1) is 35.7 Å². The number of benzene rings is 1. The summed E-state index contributed by atoms with van der Waals surface area (Å²) in [7, 11) is 0. The molecule has 0 unspecified atom stereocenters. The summed E-state index contributed by atoms with van der Waals surface area (Å²) >= 11 is 0. The van der Waals surface area contributed by atoms with Crippen molar-refractivity contribution in [2.75, 3.05) is 31.6 Å². The molecule has 9 nitrogen and oxygen atoms in total. The first-order valence-corrected chi connectivity index (χ1v) is 11.5. The molecule has 3 N–H and O–H groups in total. The average molecular weight is 481 g/mol. The van der Waals surface area contributed by atoms with Crippen LogP contribution in [-0.4, -0.2) is 52.1 Å². The second kappa shape index (κ2) is 10.7. The third-order valence-corrected chi connectivity index (χ3v) is 5.57. The molecule has 0 aliphatic carbocycles. The first-order valence-electron chi connectivity index (χ1n) is 11.5. The highest BCUT2D eigenvalue weighted by molar-refractivity contribution is 5.82. The van der Waals surface area contributed by atoms with Gasteiger partial charge in [0, 0.05) is 24.8 Å². The van der Waals surface area contributed by atoms with Crippen LogP contribution >= 0.6 is 0 Å². The molecule has 4 rings (SSSR count). The van der Waals surface area contributed by atoms with Crippen molar-refractivity contribution in [2.24, 2.45) is 5.41 Å². The van der Waals surface area contributed by atoms with Gasteiger partial charge in [-0.3, -0.25) is 4.79 Å². The zero-order chi connectivity index (χ0) is 24.8. The molecule has 35 heavy (non-hydrogen) atoms. The van der Waals surface area contributed by atoms with Crippen LogP contribution in [0.5, 0.6) is 0 Å². The molecule has 0 spiro atoms. The van der Waals surface area contributed by atoms with Crippen LogP contribution in [0.4, 0.5) is 10.3 Å². The molecule has 0 saturated carbocycles. The fourth-order valence-electron chi connectivity index (χ4n) is 3.60. The van der Waals surface area contributed by atoms with Crippen molar-refractivity contribution in [2.45, 2.75) is 26.6 Å². The van der Waals surface area contributed by atoms with Crippen molar-refractivity contribution in [3.63, 3.8) is 0 Å². The number of nitrogens with zero attached hydrogens (tertiary/aromatic N) is 3. The van der Waals surface area contributed by atoms with E-state index in [0.29, 0.717) is 41.0 Å². The van der Waals surface area contributed by atoms with Crippen LogP contribution in [0.25, 0.3) is 22.6 Å². The van der Waals surface area contributed by atoms with E-state index in [1.165, 1.54) is 12.1 Å². The summed E-state index contributed by atoms with van der Waals surface area (Å²) in [6.45, 7) is 8.87. The van der Waals surface area contributed by atoms with Gasteiger partial charge in [-0.1, -0.05) is 13.0 Å². The maximum absolute atomic E-state index is 13.6. The molecule has 1 aromatic carbocycles. The van der Waals surface area contributed by atoms with Gasteiger partial charge in [-0.2, -0.15) is 0 Å². The van der Waals surface area contributed by atoms with Crippen molar-refractivity contribution in [1.29, 1.82) is 0 Å². The average Bonchev–Trinajstić information content (AvgIpc) is 3.32. The summed E-state index contributed by atoms with van der Waals surface area (Å²) < 4.78 is 25.4. The van der Waals surface area contributed by atoms with Crippen LogP contribution in [0.15, 0.2) is 49.2 Å². The van der Waals surface area contributed by atoms with E-state index in [4.69, 9.17) is 14.5 Å². The van der Waals surface area contributed by atoms with Gasteiger partial charge < -0.3 is 25.1 Å². The van der Waals surface area contributed by atoms with E-state index in [-0.39, 0.29) is 24.9 Å². The number of ether oxygens (including phenoxy) is 2. The zero-order valence-electron chi connectivity index (χ0n) is 19.8. The number of rotatable bonds is 9. The minimum atomic E-state index is -0.832. The second-order valence-electron chi connectivity index (χ2n) is 8.56. The van der Waals surface area contributed by atoms with E-state index in [1.807, 2.05) is 0 Å². The van der Waals surface area contributed by atoms with E-state index in [2.05, 4.69) is 39.1 Å². The number of nitrogens with one attached hydrogen (secondary N) is 3. The Balaban J connectivity index is 1.63. The number of aromatic nitrogens is 4. The number of halogens is 1. The van der Waals surface area contributed by atoms with Crippen LogP contribution in [-0.2, 0) is 14.3 Å². The topological polar surface area (TPSA) is 114 Å². The van der Waals surface area contributed by atoms with Gasteiger partial charge in [0.1, 0.15) is 5.82 Å². The van der Waals surface area contributed by atoms with Crippen molar-refractivity contribution in [1.82, 2.24) is 25.3 Å². The smallest absolute Gasteiger partial charge is 0.230 e. The number of H-pyrrole nitrogens is 1. The molecular formula is C25H29FN6O3. The van der Waals surface area contributed by atoms with Gasteiger partial charge in [-0.25, -0.2) is 19.3 Å². The van der Waals surface area contributed by atoms with E-state index < -0.39 is 11.7 Å². The fourth-order valence-corrected chi connectivity index (χ4v) is 3.60. The molecule has 1 fully saturated rings. The molecule has 0 bridgehead atoms. The van der Waals surface area contributed by atoms with E-state index in [1.54, 1.807) is 37.4 Å². The lowest BCUT2D eigenvalue weighted by atomic mass is 9.91. The van der Waals surface area contributed by atoms with Crippen molar-refractivity contribution < 1.29 is 18.7 Å². The summed E-state index contributed by atoms with van der Waals surface area (Å²) in [6.07, 6.45) is 3.41. The predicted octanol–water partition coefficient (Wildman–Crippen LogP) is 3.85. The molecule has 3 heterocycles. The Morgan fingerprint density at radius 3 is 2.69 bits per heavy atom. The molecule has 2 aromatic heterocycles. The third kappa shape index (κ3) is 5.55. The first-order chi connectivity index (χ1) is 16.9. The van der Waals surface area contributed by atoms with Gasteiger partial charge >= 0.3 is 0 Å². The Morgan fingerprint density at radius 1 is 1.26 bits per heavy atom. The lowest BCUT2D eigenvalue weighted by Gasteiger charge is -2.35. The molecule has 1 aliphatic heterocycles. The Labute approximate surface area is 203 Å². The monoisotopic (exact) mass is 480 g/mol. The maximum atomic E-state index is 13.6. The number of amides is 1. The van der Waals surface area contributed by atoms with Gasteiger partial charge in [0.15, 0.2) is 5.82 Å². The molecule has 1 saturated heterocycles. The molecule has 0 radical (unpaired) electrons.